The van der Waals surface area contributed by atoms with E-state index in [9.17, 15) is 0 Å². The largest absolute Gasteiger partial charge is 0.416 e. The fraction of sp³-hybridized carbons (Fsp3) is 0.360. The van der Waals surface area contributed by atoms with E-state index in [2.05, 4.69) is 52.3 Å². The normalized spacial score (nSPS) is 15.9. The molecular formula is C25H28N4O. The van der Waals surface area contributed by atoms with E-state index < -0.39 is 0 Å². The van der Waals surface area contributed by atoms with Gasteiger partial charge >= 0.3 is 0 Å². The SMILES string of the molecule is CCCN(CCC)[C@H]1Cc2c[nH]c3ccc(-c4nnc(-c5ccccc5)o4)c(c23)C1. The maximum atomic E-state index is 6.13. The van der Waals surface area contributed by atoms with Crippen LogP contribution in [0.15, 0.2) is 53.1 Å². The maximum Gasteiger partial charge on any atom is 0.248 e. The van der Waals surface area contributed by atoms with E-state index in [1.54, 1.807) is 0 Å². The Kier molecular flexibility index (Phi) is 5.13. The first-order chi connectivity index (χ1) is 14.8. The van der Waals surface area contributed by atoms with Crippen LogP contribution in [0.5, 0.6) is 0 Å². The van der Waals surface area contributed by atoms with Crippen molar-refractivity contribution in [2.75, 3.05) is 13.1 Å². The topological polar surface area (TPSA) is 58.0 Å². The van der Waals surface area contributed by atoms with Crippen molar-refractivity contribution in [3.63, 3.8) is 0 Å². The third kappa shape index (κ3) is 3.33. The average Bonchev–Trinajstić information content (AvgIpc) is 3.43. The van der Waals surface area contributed by atoms with Crippen LogP contribution in [0.1, 0.15) is 37.8 Å². The molecule has 154 valence electrons. The standard InChI is InChI=1S/C25H28N4O/c1-3-12-29(13-4-2)19-14-18-16-26-22-11-10-20(21(15-19)23(18)22)25-28-27-24(30-25)17-8-6-5-7-9-17/h5-11,16,19,26H,3-4,12-15H2,1-2H3/t19-/m0/s1. The van der Waals surface area contributed by atoms with E-state index in [4.69, 9.17) is 4.42 Å². The number of H-pyrrole nitrogens is 1. The summed E-state index contributed by atoms with van der Waals surface area (Å²) in [5.74, 6) is 1.18. The van der Waals surface area contributed by atoms with Gasteiger partial charge in [-0.1, -0.05) is 32.0 Å². The zero-order chi connectivity index (χ0) is 20.5. The van der Waals surface area contributed by atoms with Gasteiger partial charge in [0.2, 0.25) is 11.8 Å². The van der Waals surface area contributed by atoms with Crippen molar-refractivity contribution in [3.05, 3.63) is 59.8 Å². The first-order valence-corrected chi connectivity index (χ1v) is 11.0. The molecule has 0 amide bonds. The van der Waals surface area contributed by atoms with Gasteiger partial charge < -0.3 is 9.40 Å². The van der Waals surface area contributed by atoms with Crippen LogP contribution < -0.4 is 0 Å². The molecule has 0 bridgehead atoms. The van der Waals surface area contributed by atoms with Crippen molar-refractivity contribution >= 4 is 10.9 Å². The molecule has 1 atom stereocenters. The monoisotopic (exact) mass is 400 g/mol. The summed E-state index contributed by atoms with van der Waals surface area (Å²) in [4.78, 5) is 6.12. The van der Waals surface area contributed by atoms with Crippen molar-refractivity contribution in [2.24, 2.45) is 0 Å². The molecule has 0 fully saturated rings. The lowest BCUT2D eigenvalue weighted by Crippen LogP contribution is -2.41. The summed E-state index contributed by atoms with van der Waals surface area (Å²) in [5.41, 5.74) is 5.94. The van der Waals surface area contributed by atoms with Crippen molar-refractivity contribution in [1.82, 2.24) is 20.1 Å². The van der Waals surface area contributed by atoms with Crippen LogP contribution in [0, 0.1) is 0 Å². The molecular weight excluding hydrogens is 372 g/mol. The summed E-state index contributed by atoms with van der Waals surface area (Å²) < 4.78 is 6.13. The van der Waals surface area contributed by atoms with Gasteiger partial charge in [0, 0.05) is 34.3 Å². The molecule has 0 saturated carbocycles. The predicted octanol–water partition coefficient (Wildman–Crippen LogP) is 5.47. The number of aromatic amines is 1. The smallest absolute Gasteiger partial charge is 0.248 e. The molecule has 0 radical (unpaired) electrons. The van der Waals surface area contributed by atoms with Gasteiger partial charge in [-0.3, -0.25) is 4.90 Å². The molecule has 4 aromatic rings. The molecule has 1 aliphatic carbocycles. The van der Waals surface area contributed by atoms with Crippen LogP contribution in [-0.4, -0.2) is 39.2 Å². The highest BCUT2D eigenvalue weighted by Crippen LogP contribution is 2.38. The van der Waals surface area contributed by atoms with Crippen LogP contribution >= 0.6 is 0 Å². The number of hydrogen-bond donors (Lipinski definition) is 1. The molecule has 2 heterocycles. The quantitative estimate of drug-likeness (QED) is 0.447. The van der Waals surface area contributed by atoms with Gasteiger partial charge in [0.15, 0.2) is 0 Å². The van der Waals surface area contributed by atoms with Gasteiger partial charge in [-0.25, -0.2) is 0 Å². The van der Waals surface area contributed by atoms with Crippen molar-refractivity contribution in [2.45, 2.75) is 45.6 Å². The number of benzene rings is 2. The number of nitrogens with zero attached hydrogens (tertiary/aromatic N) is 3. The zero-order valence-corrected chi connectivity index (χ0v) is 17.7. The van der Waals surface area contributed by atoms with E-state index in [0.29, 0.717) is 17.8 Å². The van der Waals surface area contributed by atoms with Gasteiger partial charge in [0.1, 0.15) is 0 Å². The molecule has 5 nitrogen and oxygen atoms in total. The molecule has 1 N–H and O–H groups in total. The minimum atomic E-state index is 0.508. The van der Waals surface area contributed by atoms with Crippen molar-refractivity contribution in [1.29, 1.82) is 0 Å². The fourth-order valence-electron chi connectivity index (χ4n) is 4.85. The summed E-state index contributed by atoms with van der Waals surface area (Å²) in [6.07, 6.45) is 6.65. The fourth-order valence-corrected chi connectivity index (χ4v) is 4.85. The lowest BCUT2D eigenvalue weighted by Gasteiger charge is -2.34. The van der Waals surface area contributed by atoms with E-state index in [0.717, 1.165) is 37.1 Å². The summed E-state index contributed by atoms with van der Waals surface area (Å²) in [7, 11) is 0. The Morgan fingerprint density at radius 3 is 2.50 bits per heavy atom. The summed E-state index contributed by atoms with van der Waals surface area (Å²) >= 11 is 0. The lowest BCUT2D eigenvalue weighted by molar-refractivity contribution is 0.192. The molecule has 0 unspecified atom stereocenters. The summed E-state index contributed by atoms with van der Waals surface area (Å²) in [5, 5.41) is 10.1. The van der Waals surface area contributed by atoms with Gasteiger partial charge in [-0.05, 0) is 74.2 Å². The molecule has 5 rings (SSSR count). The molecule has 0 saturated heterocycles. The molecule has 30 heavy (non-hydrogen) atoms. The van der Waals surface area contributed by atoms with Crippen LogP contribution in [-0.2, 0) is 12.8 Å². The minimum absolute atomic E-state index is 0.508. The summed E-state index contributed by atoms with van der Waals surface area (Å²) in [6.45, 7) is 6.82. The van der Waals surface area contributed by atoms with Crippen LogP contribution in [0.2, 0.25) is 0 Å². The average molecular weight is 401 g/mol. The Bertz CT molecular complexity index is 1140. The van der Waals surface area contributed by atoms with E-state index in [1.165, 1.54) is 34.9 Å². The second-order valence-electron chi connectivity index (χ2n) is 8.20. The molecule has 0 aliphatic heterocycles. The Morgan fingerprint density at radius 1 is 0.967 bits per heavy atom. The van der Waals surface area contributed by atoms with E-state index in [-0.39, 0.29) is 0 Å². The summed E-state index contributed by atoms with van der Waals surface area (Å²) in [6, 6.07) is 14.7. The second kappa shape index (κ2) is 8.07. The highest BCUT2D eigenvalue weighted by atomic mass is 16.4. The highest BCUT2D eigenvalue weighted by molar-refractivity contribution is 5.92. The van der Waals surface area contributed by atoms with Crippen LogP contribution in [0.25, 0.3) is 33.8 Å². The predicted molar refractivity (Wildman–Crippen MR) is 120 cm³/mol. The van der Waals surface area contributed by atoms with Crippen LogP contribution in [0.4, 0.5) is 0 Å². The van der Waals surface area contributed by atoms with Crippen LogP contribution in [0.3, 0.4) is 0 Å². The first-order valence-electron chi connectivity index (χ1n) is 11.0. The second-order valence-corrected chi connectivity index (χ2v) is 8.20. The zero-order valence-electron chi connectivity index (χ0n) is 17.7. The number of hydrogen-bond acceptors (Lipinski definition) is 4. The Labute approximate surface area is 177 Å². The maximum absolute atomic E-state index is 6.13. The van der Waals surface area contributed by atoms with Crippen molar-refractivity contribution in [3.8, 4) is 22.9 Å². The first kappa shape index (κ1) is 19.1. The van der Waals surface area contributed by atoms with Gasteiger partial charge in [0.05, 0.1) is 0 Å². The minimum Gasteiger partial charge on any atom is -0.416 e. The third-order valence-electron chi connectivity index (χ3n) is 6.15. The van der Waals surface area contributed by atoms with Gasteiger partial charge in [0.25, 0.3) is 0 Å². The Morgan fingerprint density at radius 2 is 1.73 bits per heavy atom. The molecule has 2 aromatic carbocycles. The van der Waals surface area contributed by atoms with Crippen molar-refractivity contribution < 1.29 is 4.42 Å². The number of aromatic nitrogens is 3. The number of rotatable bonds is 7. The lowest BCUT2D eigenvalue weighted by atomic mass is 9.85. The molecule has 0 spiro atoms. The molecule has 5 heteroatoms. The highest BCUT2D eigenvalue weighted by Gasteiger charge is 2.29. The van der Waals surface area contributed by atoms with E-state index in [1.807, 2.05) is 30.3 Å². The number of nitrogens with one attached hydrogen (secondary N) is 1. The molecule has 1 aliphatic rings. The Hall–Kier alpha value is -2.92. The van der Waals surface area contributed by atoms with E-state index >= 15 is 0 Å². The molecule has 2 aromatic heterocycles. The Balaban J connectivity index is 1.56. The van der Waals surface area contributed by atoms with Gasteiger partial charge in [-0.15, -0.1) is 10.2 Å². The third-order valence-corrected chi connectivity index (χ3v) is 6.15. The van der Waals surface area contributed by atoms with Gasteiger partial charge in [-0.2, -0.15) is 0 Å².